The summed E-state index contributed by atoms with van der Waals surface area (Å²) in [6.07, 6.45) is 3.08. The molecule has 0 atom stereocenters. The number of halogens is 1. The van der Waals surface area contributed by atoms with Gasteiger partial charge < -0.3 is 9.47 Å². The van der Waals surface area contributed by atoms with Crippen LogP contribution in [0.25, 0.3) is 6.08 Å². The molecule has 120 valence electrons. The van der Waals surface area contributed by atoms with Crippen molar-refractivity contribution < 1.29 is 23.5 Å². The Morgan fingerprint density at radius 3 is 2.75 bits per heavy atom. The number of carbonyl (C=O) groups is 2. The average Bonchev–Trinajstić information content (AvgIpc) is 3.37. The van der Waals surface area contributed by atoms with Gasteiger partial charge in [-0.3, -0.25) is 9.59 Å². The van der Waals surface area contributed by atoms with Gasteiger partial charge in [0.25, 0.3) is 0 Å². The maximum absolute atomic E-state index is 13.7. The predicted molar refractivity (Wildman–Crippen MR) is 84.1 cm³/mol. The van der Waals surface area contributed by atoms with Gasteiger partial charge in [-0.2, -0.15) is 0 Å². The number of fused-ring (bicyclic) bond motifs is 1. The van der Waals surface area contributed by atoms with Crippen LogP contribution in [-0.2, 0) is 4.79 Å². The molecule has 0 bridgehead atoms. The molecule has 1 aliphatic heterocycles. The topological polar surface area (TPSA) is 52.6 Å². The Balaban J connectivity index is 1.60. The molecule has 0 amide bonds. The highest BCUT2D eigenvalue weighted by atomic mass is 19.1. The van der Waals surface area contributed by atoms with Crippen LogP contribution in [0.5, 0.6) is 11.5 Å². The third-order valence-electron chi connectivity index (χ3n) is 3.96. The minimum Gasteiger partial charge on any atom is -0.452 e. The maximum Gasteiger partial charge on any atom is 0.314 e. The zero-order valence-electron chi connectivity index (χ0n) is 12.6. The van der Waals surface area contributed by atoms with E-state index in [1.165, 1.54) is 18.2 Å². The van der Waals surface area contributed by atoms with Crippen molar-refractivity contribution >= 4 is 17.8 Å². The minimum absolute atomic E-state index is 0.0164. The first-order valence-electron chi connectivity index (χ1n) is 7.66. The van der Waals surface area contributed by atoms with Crippen molar-refractivity contribution in [3.05, 3.63) is 65.2 Å². The van der Waals surface area contributed by atoms with Gasteiger partial charge in [-0.25, -0.2) is 4.39 Å². The Morgan fingerprint density at radius 1 is 1.21 bits per heavy atom. The third kappa shape index (κ3) is 2.69. The smallest absolute Gasteiger partial charge is 0.314 e. The van der Waals surface area contributed by atoms with Gasteiger partial charge in [0.15, 0.2) is 5.76 Å². The molecule has 0 spiro atoms. The Kier molecular flexibility index (Phi) is 3.41. The van der Waals surface area contributed by atoms with Crippen LogP contribution in [0, 0.1) is 11.7 Å². The summed E-state index contributed by atoms with van der Waals surface area (Å²) in [6, 6.07) is 10.7. The van der Waals surface area contributed by atoms with Crippen LogP contribution < -0.4 is 9.47 Å². The second-order valence-electron chi connectivity index (χ2n) is 5.81. The maximum atomic E-state index is 13.7. The Bertz CT molecular complexity index is 881. The van der Waals surface area contributed by atoms with Crippen molar-refractivity contribution in [3.63, 3.8) is 0 Å². The van der Waals surface area contributed by atoms with E-state index in [1.807, 2.05) is 0 Å². The second kappa shape index (κ2) is 5.60. The molecule has 1 heterocycles. The van der Waals surface area contributed by atoms with Gasteiger partial charge in [-0.05, 0) is 37.1 Å². The van der Waals surface area contributed by atoms with Crippen molar-refractivity contribution in [2.45, 2.75) is 12.8 Å². The summed E-state index contributed by atoms with van der Waals surface area (Å²) in [4.78, 5) is 24.0. The normalized spacial score (nSPS) is 17.5. The van der Waals surface area contributed by atoms with E-state index >= 15 is 0 Å². The van der Waals surface area contributed by atoms with Gasteiger partial charge in [0.2, 0.25) is 5.78 Å². The Hall–Kier alpha value is -2.95. The molecule has 1 fully saturated rings. The number of rotatable bonds is 3. The molecule has 4 nitrogen and oxygen atoms in total. The molecular formula is C19H13FO4. The van der Waals surface area contributed by atoms with Crippen LogP contribution in [0.4, 0.5) is 4.39 Å². The molecule has 24 heavy (non-hydrogen) atoms. The highest BCUT2D eigenvalue weighted by Crippen LogP contribution is 2.36. The van der Waals surface area contributed by atoms with Crippen LogP contribution in [0.2, 0.25) is 0 Å². The fourth-order valence-corrected chi connectivity index (χ4v) is 2.48. The molecule has 5 heteroatoms. The highest BCUT2D eigenvalue weighted by Gasteiger charge is 2.32. The lowest BCUT2D eigenvalue weighted by Gasteiger charge is -2.04. The third-order valence-corrected chi connectivity index (χ3v) is 3.96. The standard InChI is InChI=1S/C19H13FO4/c20-15-4-2-1-3-12(15)9-17-18(21)14-8-7-13(10-16(14)24-17)23-19(22)11-5-6-11/h1-4,7-11H,5-6H2/b17-9+. The van der Waals surface area contributed by atoms with Gasteiger partial charge in [-0.1, -0.05) is 18.2 Å². The largest absolute Gasteiger partial charge is 0.452 e. The minimum atomic E-state index is -0.434. The van der Waals surface area contributed by atoms with Crippen molar-refractivity contribution in [1.82, 2.24) is 0 Å². The molecule has 0 N–H and O–H groups in total. The number of allylic oxidation sites excluding steroid dienone is 1. The molecule has 0 unspecified atom stereocenters. The summed E-state index contributed by atoms with van der Waals surface area (Å²) < 4.78 is 24.5. The average molecular weight is 324 g/mol. The van der Waals surface area contributed by atoms with E-state index in [4.69, 9.17) is 9.47 Å². The molecule has 4 rings (SSSR count). The van der Waals surface area contributed by atoms with Crippen LogP contribution in [-0.4, -0.2) is 11.8 Å². The molecule has 0 aromatic heterocycles. The Labute approximate surface area is 137 Å². The molecule has 2 aliphatic rings. The van der Waals surface area contributed by atoms with E-state index in [0.717, 1.165) is 12.8 Å². The number of hydrogen-bond donors (Lipinski definition) is 0. The van der Waals surface area contributed by atoms with E-state index in [1.54, 1.807) is 30.3 Å². The zero-order chi connectivity index (χ0) is 16.7. The van der Waals surface area contributed by atoms with Crippen LogP contribution in [0.1, 0.15) is 28.8 Å². The van der Waals surface area contributed by atoms with Crippen molar-refractivity contribution in [2.75, 3.05) is 0 Å². The van der Waals surface area contributed by atoms with Crippen LogP contribution in [0.15, 0.2) is 48.2 Å². The van der Waals surface area contributed by atoms with Crippen molar-refractivity contribution in [2.24, 2.45) is 5.92 Å². The van der Waals surface area contributed by atoms with Crippen LogP contribution >= 0.6 is 0 Å². The van der Waals surface area contributed by atoms with E-state index in [0.29, 0.717) is 17.1 Å². The predicted octanol–water partition coefficient (Wildman–Crippen LogP) is 3.76. The van der Waals surface area contributed by atoms with Gasteiger partial charge in [0.1, 0.15) is 17.3 Å². The van der Waals surface area contributed by atoms with Gasteiger partial charge in [0, 0.05) is 11.6 Å². The summed E-state index contributed by atoms with van der Waals surface area (Å²) in [5.74, 6) is -0.349. The fourth-order valence-electron chi connectivity index (χ4n) is 2.48. The molecular weight excluding hydrogens is 311 g/mol. The number of benzene rings is 2. The number of hydrogen-bond acceptors (Lipinski definition) is 4. The summed E-state index contributed by atoms with van der Waals surface area (Å²) in [6.45, 7) is 0. The lowest BCUT2D eigenvalue weighted by molar-refractivity contribution is -0.135. The number of carbonyl (C=O) groups excluding carboxylic acids is 2. The van der Waals surface area contributed by atoms with E-state index in [-0.39, 0.29) is 29.0 Å². The van der Waals surface area contributed by atoms with Crippen molar-refractivity contribution in [1.29, 1.82) is 0 Å². The first-order valence-corrected chi connectivity index (χ1v) is 7.66. The quantitative estimate of drug-likeness (QED) is 0.490. The molecule has 2 aromatic rings. The second-order valence-corrected chi connectivity index (χ2v) is 5.81. The highest BCUT2D eigenvalue weighted by molar-refractivity contribution is 6.14. The van der Waals surface area contributed by atoms with E-state index in [9.17, 15) is 14.0 Å². The van der Waals surface area contributed by atoms with Gasteiger partial charge >= 0.3 is 5.97 Å². The SMILES string of the molecule is O=C1/C(=C\c2ccccc2F)Oc2cc(OC(=O)C3CC3)ccc21. The summed E-state index contributed by atoms with van der Waals surface area (Å²) in [7, 11) is 0. The van der Waals surface area contributed by atoms with Crippen LogP contribution in [0.3, 0.4) is 0 Å². The fraction of sp³-hybridized carbons (Fsp3) is 0.158. The lowest BCUT2D eigenvalue weighted by Crippen LogP contribution is -2.09. The first kappa shape index (κ1) is 14.6. The first-order chi connectivity index (χ1) is 11.6. The Morgan fingerprint density at radius 2 is 2.00 bits per heavy atom. The van der Waals surface area contributed by atoms with E-state index in [2.05, 4.69) is 0 Å². The number of ether oxygens (including phenoxy) is 2. The zero-order valence-corrected chi connectivity index (χ0v) is 12.6. The molecule has 1 aliphatic carbocycles. The number of ketones is 1. The monoisotopic (exact) mass is 324 g/mol. The summed E-state index contributed by atoms with van der Waals surface area (Å²) >= 11 is 0. The van der Waals surface area contributed by atoms with Crippen molar-refractivity contribution in [3.8, 4) is 11.5 Å². The summed E-state index contributed by atoms with van der Waals surface area (Å²) in [5, 5.41) is 0. The summed E-state index contributed by atoms with van der Waals surface area (Å²) in [5.41, 5.74) is 0.637. The molecule has 0 radical (unpaired) electrons. The van der Waals surface area contributed by atoms with Gasteiger partial charge in [-0.15, -0.1) is 0 Å². The number of Topliss-reactive ketones (excluding diaryl/α,β-unsaturated/α-hetero) is 1. The van der Waals surface area contributed by atoms with E-state index < -0.39 is 5.82 Å². The molecule has 1 saturated carbocycles. The molecule has 2 aromatic carbocycles. The molecule has 0 saturated heterocycles. The van der Waals surface area contributed by atoms with Gasteiger partial charge in [0.05, 0.1) is 11.5 Å². The number of esters is 1. The lowest BCUT2D eigenvalue weighted by atomic mass is 10.1.